The Bertz CT molecular complexity index is 642. The van der Waals surface area contributed by atoms with Gasteiger partial charge in [-0.25, -0.2) is 4.39 Å². The number of fused-ring (bicyclic) bond motifs is 1. The minimum atomic E-state index is -0.619. The molecule has 0 amide bonds. The molecule has 3 nitrogen and oxygen atoms in total. The number of benzene rings is 1. The second-order valence-corrected chi connectivity index (χ2v) is 5.97. The van der Waals surface area contributed by atoms with Gasteiger partial charge in [-0.2, -0.15) is 0 Å². The van der Waals surface area contributed by atoms with Crippen LogP contribution < -0.4 is 9.47 Å². The molecule has 0 bridgehead atoms. The smallest absolute Gasteiger partial charge is 0.131 e. The van der Waals surface area contributed by atoms with Gasteiger partial charge in [0.1, 0.15) is 22.9 Å². The normalized spacial score (nSPS) is 17.1. The summed E-state index contributed by atoms with van der Waals surface area (Å²) in [5, 5.41) is 9.03. The van der Waals surface area contributed by atoms with E-state index in [-0.39, 0.29) is 5.60 Å². The molecule has 2 rings (SSSR count). The van der Waals surface area contributed by atoms with E-state index in [1.165, 1.54) is 0 Å². The fraction of sp³-hybridized carbons (Fsp3) is 0.444. The number of methoxy groups -OCH3 is 1. The van der Waals surface area contributed by atoms with Gasteiger partial charge in [0, 0.05) is 17.2 Å². The van der Waals surface area contributed by atoms with E-state index in [0.717, 1.165) is 23.3 Å². The predicted molar refractivity (Wildman–Crippen MR) is 86.8 cm³/mol. The molecule has 1 aliphatic heterocycles. The lowest BCUT2D eigenvalue weighted by Gasteiger charge is -2.32. The van der Waals surface area contributed by atoms with Crippen LogP contribution in [0, 0.1) is 0 Å². The van der Waals surface area contributed by atoms with Crippen molar-refractivity contribution in [1.29, 1.82) is 0 Å². The minimum absolute atomic E-state index is 0.377. The second kappa shape index (κ2) is 6.13. The fourth-order valence-electron chi connectivity index (χ4n) is 2.73. The third kappa shape index (κ3) is 3.02. The molecule has 22 heavy (non-hydrogen) atoms. The lowest BCUT2D eigenvalue weighted by molar-refractivity contribution is 0.157. The molecule has 1 N–H and O–H groups in total. The van der Waals surface area contributed by atoms with Crippen LogP contribution in [0.3, 0.4) is 0 Å². The zero-order valence-electron chi connectivity index (χ0n) is 13.8. The number of allylic oxidation sites excluding steroid dienone is 2. The maximum absolute atomic E-state index is 13.8. The first-order valence-electron chi connectivity index (χ1n) is 7.42. The molecule has 0 aliphatic carbocycles. The fourth-order valence-corrected chi connectivity index (χ4v) is 2.73. The molecule has 0 radical (unpaired) electrons. The van der Waals surface area contributed by atoms with Crippen LogP contribution in [0.2, 0.25) is 0 Å². The molecular formula is C18H23FO3. The van der Waals surface area contributed by atoms with Crippen molar-refractivity contribution in [3.8, 4) is 11.5 Å². The molecule has 120 valence electrons. The average molecular weight is 306 g/mol. The van der Waals surface area contributed by atoms with Crippen LogP contribution in [0.1, 0.15) is 45.2 Å². The molecule has 1 aliphatic rings. The van der Waals surface area contributed by atoms with Gasteiger partial charge in [-0.05, 0) is 50.5 Å². The molecule has 0 fully saturated rings. The van der Waals surface area contributed by atoms with Gasteiger partial charge in [-0.1, -0.05) is 6.92 Å². The van der Waals surface area contributed by atoms with Crippen molar-refractivity contribution < 1.29 is 19.0 Å². The van der Waals surface area contributed by atoms with Gasteiger partial charge in [0.15, 0.2) is 0 Å². The molecule has 1 heterocycles. The number of ether oxygens (including phenoxy) is 2. The number of halogens is 1. The standard InChI is InChI=1S/C18H23FO3/c1-6-12-9-18(3,4)22-17-8-16(21-5)13(7-14(12)17)11(2)15(19)10-20/h7-9,20H,6,10H2,1-5H3/b15-11+. The maximum atomic E-state index is 13.8. The van der Waals surface area contributed by atoms with Crippen molar-refractivity contribution in [2.24, 2.45) is 0 Å². The summed E-state index contributed by atoms with van der Waals surface area (Å²) in [4.78, 5) is 0. The van der Waals surface area contributed by atoms with Crippen LogP contribution in [0.15, 0.2) is 24.0 Å². The Balaban J connectivity index is 2.67. The van der Waals surface area contributed by atoms with Gasteiger partial charge in [-0.3, -0.25) is 0 Å². The van der Waals surface area contributed by atoms with Gasteiger partial charge in [0.2, 0.25) is 0 Å². The molecule has 0 spiro atoms. The zero-order chi connectivity index (χ0) is 16.5. The molecule has 0 saturated heterocycles. The van der Waals surface area contributed by atoms with Gasteiger partial charge < -0.3 is 14.6 Å². The van der Waals surface area contributed by atoms with E-state index < -0.39 is 12.4 Å². The number of rotatable bonds is 4. The summed E-state index contributed by atoms with van der Waals surface area (Å²) in [5.74, 6) is 0.715. The summed E-state index contributed by atoms with van der Waals surface area (Å²) < 4.78 is 25.2. The first-order chi connectivity index (χ1) is 10.3. The molecule has 0 saturated carbocycles. The Labute approximate surface area is 131 Å². The largest absolute Gasteiger partial charge is 0.496 e. The third-order valence-electron chi connectivity index (χ3n) is 3.87. The van der Waals surface area contributed by atoms with Crippen molar-refractivity contribution in [3.63, 3.8) is 0 Å². The van der Waals surface area contributed by atoms with E-state index in [2.05, 4.69) is 13.0 Å². The Morgan fingerprint density at radius 3 is 2.59 bits per heavy atom. The summed E-state index contributed by atoms with van der Waals surface area (Å²) in [6.45, 7) is 7.11. The van der Waals surface area contributed by atoms with Crippen LogP contribution in [0.25, 0.3) is 11.1 Å². The molecule has 1 aromatic carbocycles. The number of aliphatic hydroxyl groups is 1. The predicted octanol–water partition coefficient (Wildman–Crippen LogP) is 4.35. The van der Waals surface area contributed by atoms with Crippen LogP contribution >= 0.6 is 0 Å². The average Bonchev–Trinajstić information content (AvgIpc) is 2.50. The van der Waals surface area contributed by atoms with E-state index in [0.29, 0.717) is 16.9 Å². The summed E-state index contributed by atoms with van der Waals surface area (Å²) in [7, 11) is 1.54. The van der Waals surface area contributed by atoms with Gasteiger partial charge in [-0.15, -0.1) is 0 Å². The van der Waals surface area contributed by atoms with E-state index in [4.69, 9.17) is 14.6 Å². The third-order valence-corrected chi connectivity index (χ3v) is 3.87. The molecule has 1 aromatic rings. The lowest BCUT2D eigenvalue weighted by atomic mass is 9.90. The molecule has 0 atom stereocenters. The van der Waals surface area contributed by atoms with E-state index in [1.54, 1.807) is 20.1 Å². The van der Waals surface area contributed by atoms with Crippen LogP contribution in [0.4, 0.5) is 4.39 Å². The highest BCUT2D eigenvalue weighted by atomic mass is 19.1. The first-order valence-corrected chi connectivity index (χ1v) is 7.42. The molecule has 0 aromatic heterocycles. The van der Waals surface area contributed by atoms with Crippen LogP contribution in [0.5, 0.6) is 11.5 Å². The molecule has 0 unspecified atom stereocenters. The Morgan fingerprint density at radius 1 is 1.36 bits per heavy atom. The maximum Gasteiger partial charge on any atom is 0.131 e. The van der Waals surface area contributed by atoms with Crippen molar-refractivity contribution in [1.82, 2.24) is 0 Å². The van der Waals surface area contributed by atoms with Crippen LogP contribution in [-0.4, -0.2) is 24.4 Å². The Morgan fingerprint density at radius 2 is 2.05 bits per heavy atom. The highest BCUT2D eigenvalue weighted by Gasteiger charge is 2.27. The van der Waals surface area contributed by atoms with Gasteiger partial charge >= 0.3 is 0 Å². The minimum Gasteiger partial charge on any atom is -0.496 e. The van der Waals surface area contributed by atoms with Gasteiger partial charge in [0.25, 0.3) is 0 Å². The Kier molecular flexibility index (Phi) is 4.61. The summed E-state index contributed by atoms with van der Waals surface area (Å²) in [6, 6.07) is 3.67. The van der Waals surface area contributed by atoms with Crippen molar-refractivity contribution in [2.45, 2.75) is 39.7 Å². The van der Waals surface area contributed by atoms with Crippen molar-refractivity contribution in [2.75, 3.05) is 13.7 Å². The summed E-state index contributed by atoms with van der Waals surface area (Å²) >= 11 is 0. The lowest BCUT2D eigenvalue weighted by Crippen LogP contribution is -2.29. The van der Waals surface area contributed by atoms with E-state index in [1.807, 2.05) is 19.9 Å². The topological polar surface area (TPSA) is 38.7 Å². The Hall–Kier alpha value is -1.81. The summed E-state index contributed by atoms with van der Waals surface area (Å²) in [6.07, 6.45) is 2.95. The zero-order valence-corrected chi connectivity index (χ0v) is 13.8. The SMILES string of the molecule is CCC1=CC(C)(C)Oc2cc(OC)c(/C(C)=C(/F)CO)cc21. The molecule has 4 heteroatoms. The van der Waals surface area contributed by atoms with Crippen molar-refractivity contribution >= 4 is 11.1 Å². The monoisotopic (exact) mass is 306 g/mol. The van der Waals surface area contributed by atoms with Crippen LogP contribution in [-0.2, 0) is 0 Å². The van der Waals surface area contributed by atoms with Gasteiger partial charge in [0.05, 0.1) is 13.7 Å². The molecular weight excluding hydrogens is 283 g/mol. The highest BCUT2D eigenvalue weighted by molar-refractivity contribution is 5.80. The highest BCUT2D eigenvalue weighted by Crippen LogP contribution is 2.43. The number of hydrogen-bond donors (Lipinski definition) is 1. The van der Waals surface area contributed by atoms with E-state index in [9.17, 15) is 4.39 Å². The number of aliphatic hydroxyl groups excluding tert-OH is 1. The van der Waals surface area contributed by atoms with E-state index >= 15 is 0 Å². The number of hydrogen-bond acceptors (Lipinski definition) is 3. The van der Waals surface area contributed by atoms with Crippen molar-refractivity contribution in [3.05, 3.63) is 35.2 Å². The first kappa shape index (κ1) is 16.6. The quantitative estimate of drug-likeness (QED) is 0.898. The summed E-state index contributed by atoms with van der Waals surface area (Å²) in [5.41, 5.74) is 2.74. The second-order valence-electron chi connectivity index (χ2n) is 5.97.